The SMILES string of the molecule is CCOc1ccc(C[NH+](C)CC(=O)NC(=O)NC23CC4CC(CC(C4)C2)C3)cc1. The first kappa shape index (κ1) is 20.2. The molecular formula is C23H34N3O3+. The number of imide groups is 1. The van der Waals surface area contributed by atoms with E-state index in [1.165, 1.54) is 19.3 Å². The van der Waals surface area contributed by atoms with Gasteiger partial charge in [-0.3, -0.25) is 10.1 Å². The summed E-state index contributed by atoms with van der Waals surface area (Å²) in [4.78, 5) is 25.9. The highest BCUT2D eigenvalue weighted by atomic mass is 16.5. The Morgan fingerprint density at radius 3 is 2.21 bits per heavy atom. The quantitative estimate of drug-likeness (QED) is 0.655. The molecule has 0 spiro atoms. The second-order valence-corrected chi connectivity index (χ2v) is 9.59. The van der Waals surface area contributed by atoms with Gasteiger partial charge in [-0.15, -0.1) is 0 Å². The first-order valence-electron chi connectivity index (χ1n) is 11.1. The molecule has 0 saturated heterocycles. The Labute approximate surface area is 173 Å². The van der Waals surface area contributed by atoms with Crippen LogP contribution in [-0.2, 0) is 11.3 Å². The Morgan fingerprint density at radius 2 is 1.66 bits per heavy atom. The smallest absolute Gasteiger partial charge is 0.322 e. The van der Waals surface area contributed by atoms with Gasteiger partial charge in [0, 0.05) is 11.1 Å². The molecule has 4 bridgehead atoms. The summed E-state index contributed by atoms with van der Waals surface area (Å²) in [5.74, 6) is 2.93. The lowest BCUT2D eigenvalue weighted by atomic mass is 9.53. The highest BCUT2D eigenvalue weighted by molar-refractivity contribution is 5.95. The predicted octanol–water partition coefficient (Wildman–Crippen LogP) is 1.89. The molecular weight excluding hydrogens is 366 g/mol. The Balaban J connectivity index is 1.23. The van der Waals surface area contributed by atoms with E-state index in [1.807, 2.05) is 38.2 Å². The van der Waals surface area contributed by atoms with Crippen LogP contribution in [0.1, 0.15) is 51.0 Å². The Morgan fingerprint density at radius 1 is 1.07 bits per heavy atom. The molecule has 4 saturated carbocycles. The van der Waals surface area contributed by atoms with E-state index in [9.17, 15) is 9.59 Å². The maximum absolute atomic E-state index is 12.5. The average molecular weight is 401 g/mol. The van der Waals surface area contributed by atoms with Gasteiger partial charge < -0.3 is 15.0 Å². The number of ether oxygens (including phenoxy) is 1. The van der Waals surface area contributed by atoms with Gasteiger partial charge in [0.2, 0.25) is 0 Å². The number of hydrogen-bond acceptors (Lipinski definition) is 3. The van der Waals surface area contributed by atoms with Gasteiger partial charge in [0.1, 0.15) is 12.3 Å². The number of hydrogen-bond donors (Lipinski definition) is 3. The van der Waals surface area contributed by atoms with Crippen LogP contribution in [0.4, 0.5) is 4.79 Å². The molecule has 5 rings (SSSR count). The normalized spacial score (nSPS) is 30.6. The molecule has 1 aromatic rings. The van der Waals surface area contributed by atoms with Crippen LogP contribution in [0.3, 0.4) is 0 Å². The van der Waals surface area contributed by atoms with Gasteiger partial charge in [-0.2, -0.15) is 0 Å². The lowest BCUT2D eigenvalue weighted by Crippen LogP contribution is -3.09. The number of amides is 3. The van der Waals surface area contributed by atoms with Crippen LogP contribution in [-0.4, -0.2) is 37.7 Å². The molecule has 0 heterocycles. The lowest BCUT2D eigenvalue weighted by Gasteiger charge is -2.56. The van der Waals surface area contributed by atoms with Crippen LogP contribution in [0.2, 0.25) is 0 Å². The summed E-state index contributed by atoms with van der Waals surface area (Å²) in [6.45, 7) is 3.59. The number of quaternary nitrogens is 1. The van der Waals surface area contributed by atoms with Gasteiger partial charge >= 0.3 is 6.03 Å². The summed E-state index contributed by atoms with van der Waals surface area (Å²) in [7, 11) is 1.97. The van der Waals surface area contributed by atoms with Crippen LogP contribution in [0, 0.1) is 17.8 Å². The first-order valence-corrected chi connectivity index (χ1v) is 11.1. The highest BCUT2D eigenvalue weighted by Gasteiger charge is 2.51. The molecule has 1 aromatic carbocycles. The molecule has 3 N–H and O–H groups in total. The number of benzene rings is 1. The molecule has 3 amide bonds. The van der Waals surface area contributed by atoms with E-state index in [-0.39, 0.29) is 24.0 Å². The van der Waals surface area contributed by atoms with Crippen LogP contribution in [0.25, 0.3) is 0 Å². The molecule has 0 aromatic heterocycles. The van der Waals surface area contributed by atoms with Crippen molar-refractivity contribution in [2.24, 2.45) is 17.8 Å². The molecule has 4 aliphatic rings. The van der Waals surface area contributed by atoms with Crippen molar-refractivity contribution in [1.29, 1.82) is 0 Å². The molecule has 29 heavy (non-hydrogen) atoms. The summed E-state index contributed by atoms with van der Waals surface area (Å²) >= 11 is 0. The third-order valence-electron chi connectivity index (χ3n) is 6.87. The van der Waals surface area contributed by atoms with E-state index >= 15 is 0 Å². The molecule has 1 atom stereocenters. The van der Waals surface area contributed by atoms with Gasteiger partial charge in [-0.1, -0.05) is 0 Å². The van der Waals surface area contributed by atoms with Crippen molar-refractivity contribution < 1.29 is 19.2 Å². The molecule has 4 aliphatic carbocycles. The lowest BCUT2D eigenvalue weighted by molar-refractivity contribution is -0.885. The summed E-state index contributed by atoms with van der Waals surface area (Å²) < 4.78 is 5.46. The van der Waals surface area contributed by atoms with Crippen molar-refractivity contribution >= 4 is 11.9 Å². The molecule has 6 nitrogen and oxygen atoms in total. The molecule has 6 heteroatoms. The summed E-state index contributed by atoms with van der Waals surface area (Å²) in [6, 6.07) is 7.62. The number of rotatable bonds is 7. The molecule has 0 radical (unpaired) electrons. The Bertz CT molecular complexity index is 711. The third-order valence-corrected chi connectivity index (χ3v) is 6.87. The summed E-state index contributed by atoms with van der Waals surface area (Å²) in [5.41, 5.74) is 1.07. The topological polar surface area (TPSA) is 71.9 Å². The van der Waals surface area contributed by atoms with Gasteiger partial charge in [0.05, 0.1) is 13.7 Å². The summed E-state index contributed by atoms with van der Waals surface area (Å²) in [6.07, 6.45) is 7.26. The Kier molecular flexibility index (Phi) is 5.81. The van der Waals surface area contributed by atoms with E-state index in [2.05, 4.69) is 10.6 Å². The van der Waals surface area contributed by atoms with E-state index in [0.717, 1.165) is 59.8 Å². The zero-order valence-electron chi connectivity index (χ0n) is 17.6. The van der Waals surface area contributed by atoms with Crippen molar-refractivity contribution in [3.8, 4) is 5.75 Å². The van der Waals surface area contributed by atoms with Gasteiger partial charge in [0.25, 0.3) is 5.91 Å². The highest BCUT2D eigenvalue weighted by Crippen LogP contribution is 2.55. The number of carbonyl (C=O) groups excluding carboxylic acids is 2. The van der Waals surface area contributed by atoms with Crippen LogP contribution < -0.4 is 20.3 Å². The fraction of sp³-hybridized carbons (Fsp3) is 0.652. The standard InChI is InChI=1S/C23H33N3O3/c1-3-29-20-6-4-16(5-7-20)14-26(2)15-21(27)24-22(28)25-23-11-17-8-18(12-23)10-19(9-17)13-23/h4-7,17-19H,3,8-15H2,1-2H3,(H2,24,25,27,28)/p+1. The van der Waals surface area contributed by atoms with Crippen molar-refractivity contribution in [2.45, 2.75) is 57.5 Å². The summed E-state index contributed by atoms with van der Waals surface area (Å²) in [5, 5.41) is 5.77. The Hall–Kier alpha value is -2.08. The minimum atomic E-state index is -0.314. The number of carbonyl (C=O) groups is 2. The second-order valence-electron chi connectivity index (χ2n) is 9.59. The molecule has 158 valence electrons. The predicted molar refractivity (Wildman–Crippen MR) is 111 cm³/mol. The van der Waals surface area contributed by atoms with Gasteiger partial charge in [-0.05, 0) is 87.5 Å². The van der Waals surface area contributed by atoms with Crippen LogP contribution in [0.5, 0.6) is 5.75 Å². The van der Waals surface area contributed by atoms with Crippen molar-refractivity contribution in [1.82, 2.24) is 10.6 Å². The maximum atomic E-state index is 12.5. The molecule has 0 aliphatic heterocycles. The monoisotopic (exact) mass is 400 g/mol. The maximum Gasteiger partial charge on any atom is 0.322 e. The van der Waals surface area contributed by atoms with E-state index in [0.29, 0.717) is 6.61 Å². The van der Waals surface area contributed by atoms with Crippen molar-refractivity contribution in [2.75, 3.05) is 20.2 Å². The van der Waals surface area contributed by atoms with Crippen LogP contribution in [0.15, 0.2) is 24.3 Å². The van der Waals surface area contributed by atoms with E-state index in [1.54, 1.807) is 0 Å². The third kappa shape index (κ3) is 4.92. The fourth-order valence-electron chi connectivity index (χ4n) is 6.26. The largest absolute Gasteiger partial charge is 0.494 e. The fourth-order valence-corrected chi connectivity index (χ4v) is 6.26. The first-order chi connectivity index (χ1) is 13.9. The van der Waals surface area contributed by atoms with Gasteiger partial charge in [-0.25, -0.2) is 4.79 Å². The number of likely N-dealkylation sites (N-methyl/N-ethyl adjacent to an activating group) is 1. The molecule has 1 unspecified atom stereocenters. The minimum Gasteiger partial charge on any atom is -0.494 e. The minimum absolute atomic E-state index is 0.0693. The zero-order valence-corrected chi connectivity index (χ0v) is 17.6. The average Bonchev–Trinajstić information content (AvgIpc) is 2.61. The molecule has 4 fully saturated rings. The second kappa shape index (κ2) is 8.34. The number of nitrogens with one attached hydrogen (secondary N) is 3. The van der Waals surface area contributed by atoms with E-state index in [4.69, 9.17) is 4.74 Å². The van der Waals surface area contributed by atoms with E-state index < -0.39 is 0 Å². The van der Waals surface area contributed by atoms with Crippen molar-refractivity contribution in [3.05, 3.63) is 29.8 Å². The number of urea groups is 1. The van der Waals surface area contributed by atoms with Gasteiger partial charge in [0.15, 0.2) is 6.54 Å². The van der Waals surface area contributed by atoms with Crippen molar-refractivity contribution in [3.63, 3.8) is 0 Å². The van der Waals surface area contributed by atoms with Crippen LogP contribution >= 0.6 is 0 Å². The zero-order chi connectivity index (χ0) is 20.4.